The van der Waals surface area contributed by atoms with Crippen LogP contribution in [0.4, 0.5) is 0 Å². The third-order valence-electron chi connectivity index (χ3n) is 6.69. The van der Waals surface area contributed by atoms with E-state index in [1.54, 1.807) is 0 Å². The zero-order chi connectivity index (χ0) is 30.4. The SMILES string of the molecule is CC.CC.COC(=O)C1=C(C)N(COC(c2ccccc2)c2ccccc2)C(C)=C(C(=O)OC)C1c1ccccc1. The molecule has 4 rings (SSSR count). The van der Waals surface area contributed by atoms with E-state index in [1.807, 2.05) is 137 Å². The predicted molar refractivity (Wildman–Crippen MR) is 164 cm³/mol. The van der Waals surface area contributed by atoms with Crippen LogP contribution in [0, 0.1) is 0 Å². The van der Waals surface area contributed by atoms with E-state index < -0.39 is 17.9 Å². The van der Waals surface area contributed by atoms with Crippen LogP contribution in [0.3, 0.4) is 0 Å². The molecule has 0 unspecified atom stereocenters. The Morgan fingerprint density at radius 2 is 1.02 bits per heavy atom. The van der Waals surface area contributed by atoms with Gasteiger partial charge in [-0.25, -0.2) is 9.59 Å². The van der Waals surface area contributed by atoms with Gasteiger partial charge in [-0.1, -0.05) is 119 Å². The van der Waals surface area contributed by atoms with E-state index in [9.17, 15) is 9.59 Å². The first kappa shape index (κ1) is 33.0. The van der Waals surface area contributed by atoms with Gasteiger partial charge in [0, 0.05) is 11.4 Å². The van der Waals surface area contributed by atoms with Crippen molar-refractivity contribution in [1.82, 2.24) is 4.90 Å². The monoisotopic (exact) mass is 557 g/mol. The van der Waals surface area contributed by atoms with Crippen LogP contribution in [0.2, 0.25) is 0 Å². The molecule has 1 heterocycles. The Morgan fingerprint density at radius 3 is 1.39 bits per heavy atom. The number of hydrogen-bond acceptors (Lipinski definition) is 6. The quantitative estimate of drug-likeness (QED) is 0.263. The van der Waals surface area contributed by atoms with Gasteiger partial charge in [0.05, 0.1) is 31.3 Å². The van der Waals surface area contributed by atoms with Gasteiger partial charge < -0.3 is 19.1 Å². The summed E-state index contributed by atoms with van der Waals surface area (Å²) < 4.78 is 16.9. The summed E-state index contributed by atoms with van der Waals surface area (Å²) in [5.41, 5.74) is 4.86. The minimum atomic E-state index is -0.628. The van der Waals surface area contributed by atoms with Crippen LogP contribution in [-0.2, 0) is 23.8 Å². The molecule has 1 aliphatic heterocycles. The number of carbonyl (C=O) groups is 2. The average Bonchev–Trinajstić information content (AvgIpc) is 3.05. The molecule has 0 N–H and O–H groups in total. The second-order valence-corrected chi connectivity index (χ2v) is 8.75. The number of rotatable bonds is 8. The van der Waals surface area contributed by atoms with E-state index >= 15 is 0 Å². The topological polar surface area (TPSA) is 65.1 Å². The van der Waals surface area contributed by atoms with E-state index in [0.29, 0.717) is 22.5 Å². The van der Waals surface area contributed by atoms with Crippen molar-refractivity contribution in [2.24, 2.45) is 0 Å². The molecule has 0 radical (unpaired) electrons. The number of hydrogen-bond donors (Lipinski definition) is 0. The highest BCUT2D eigenvalue weighted by molar-refractivity contribution is 5.99. The van der Waals surface area contributed by atoms with Crippen LogP contribution >= 0.6 is 0 Å². The van der Waals surface area contributed by atoms with Crippen LogP contribution in [-0.4, -0.2) is 37.8 Å². The molecule has 0 saturated carbocycles. The molecule has 0 aromatic heterocycles. The van der Waals surface area contributed by atoms with Gasteiger partial charge in [-0.3, -0.25) is 0 Å². The standard InChI is InChI=1S/C31H31NO5.2C2H6/c1-21-26(30(33)35-3)28(23-14-8-5-9-15-23)27(31(34)36-4)22(2)32(21)20-37-29(24-16-10-6-11-17-24)25-18-12-7-13-19-25;2*1-2/h5-19,28-29H,20H2,1-4H3;2*1-2H3. The third kappa shape index (κ3) is 7.74. The first-order chi connectivity index (χ1) is 20.0. The molecule has 0 saturated heterocycles. The van der Waals surface area contributed by atoms with E-state index in [4.69, 9.17) is 14.2 Å². The number of carbonyl (C=O) groups excluding carboxylic acids is 2. The van der Waals surface area contributed by atoms with Crippen molar-refractivity contribution in [3.05, 3.63) is 130 Å². The minimum Gasteiger partial charge on any atom is -0.466 e. The van der Waals surface area contributed by atoms with Crippen molar-refractivity contribution in [2.75, 3.05) is 21.0 Å². The number of nitrogens with zero attached hydrogens (tertiary/aromatic N) is 1. The molecule has 6 nitrogen and oxygen atoms in total. The van der Waals surface area contributed by atoms with Gasteiger partial charge in [-0.15, -0.1) is 0 Å². The van der Waals surface area contributed by atoms with Gasteiger partial charge in [0.1, 0.15) is 12.8 Å². The summed E-state index contributed by atoms with van der Waals surface area (Å²) in [7, 11) is 2.69. The molecular weight excluding hydrogens is 514 g/mol. The number of ether oxygens (including phenoxy) is 3. The van der Waals surface area contributed by atoms with Crippen molar-refractivity contribution in [3.8, 4) is 0 Å². The summed E-state index contributed by atoms with van der Waals surface area (Å²) in [5.74, 6) is -1.64. The summed E-state index contributed by atoms with van der Waals surface area (Å²) in [6.45, 7) is 11.8. The first-order valence-corrected chi connectivity index (χ1v) is 14.1. The Balaban J connectivity index is 0.00000141. The van der Waals surface area contributed by atoms with Crippen molar-refractivity contribution < 1.29 is 23.8 Å². The Labute approximate surface area is 245 Å². The van der Waals surface area contributed by atoms with Gasteiger partial charge in [0.25, 0.3) is 0 Å². The fourth-order valence-corrected chi connectivity index (χ4v) is 4.82. The second kappa shape index (κ2) is 16.8. The lowest BCUT2D eigenvalue weighted by molar-refractivity contribution is -0.137. The van der Waals surface area contributed by atoms with Gasteiger partial charge in [0.2, 0.25) is 0 Å². The molecule has 0 atom stereocenters. The summed E-state index contributed by atoms with van der Waals surface area (Å²) in [5, 5.41) is 0. The number of methoxy groups -OCH3 is 2. The lowest BCUT2D eigenvalue weighted by atomic mass is 9.80. The highest BCUT2D eigenvalue weighted by Gasteiger charge is 2.40. The lowest BCUT2D eigenvalue weighted by Gasteiger charge is -2.38. The van der Waals surface area contributed by atoms with Crippen molar-refractivity contribution >= 4 is 11.9 Å². The average molecular weight is 558 g/mol. The predicted octanol–water partition coefficient (Wildman–Crippen LogP) is 7.80. The molecule has 3 aromatic carbocycles. The molecule has 0 amide bonds. The van der Waals surface area contributed by atoms with Crippen molar-refractivity contribution in [2.45, 2.75) is 53.6 Å². The molecule has 1 aliphatic rings. The number of benzene rings is 3. The Hall–Kier alpha value is -4.16. The van der Waals surface area contributed by atoms with Crippen LogP contribution in [0.1, 0.15) is 70.3 Å². The summed E-state index contributed by atoms with van der Waals surface area (Å²) in [6, 6.07) is 29.3. The zero-order valence-corrected chi connectivity index (χ0v) is 25.5. The molecule has 0 bridgehead atoms. The van der Waals surface area contributed by atoms with E-state index in [-0.39, 0.29) is 12.8 Å². The van der Waals surface area contributed by atoms with Gasteiger partial charge in [0.15, 0.2) is 0 Å². The van der Waals surface area contributed by atoms with Crippen LogP contribution in [0.25, 0.3) is 0 Å². The Kier molecular flexibility index (Phi) is 13.6. The largest absolute Gasteiger partial charge is 0.466 e. The van der Waals surface area contributed by atoms with E-state index in [2.05, 4.69) is 0 Å². The normalized spacial score (nSPS) is 13.1. The molecule has 41 heavy (non-hydrogen) atoms. The third-order valence-corrected chi connectivity index (χ3v) is 6.69. The fraction of sp³-hybridized carbons (Fsp3) is 0.314. The molecule has 0 aliphatic carbocycles. The molecule has 218 valence electrons. The highest BCUT2D eigenvalue weighted by Crippen LogP contribution is 2.43. The maximum Gasteiger partial charge on any atom is 0.336 e. The molecule has 3 aromatic rings. The van der Waals surface area contributed by atoms with E-state index in [1.165, 1.54) is 14.2 Å². The van der Waals surface area contributed by atoms with Gasteiger partial charge in [-0.05, 0) is 30.5 Å². The Bertz CT molecular complexity index is 1220. The molecule has 0 spiro atoms. The molecule has 0 fully saturated rings. The summed E-state index contributed by atoms with van der Waals surface area (Å²) in [4.78, 5) is 28.1. The summed E-state index contributed by atoms with van der Waals surface area (Å²) >= 11 is 0. The highest BCUT2D eigenvalue weighted by atomic mass is 16.5. The maximum absolute atomic E-state index is 13.1. The van der Waals surface area contributed by atoms with Crippen molar-refractivity contribution in [1.29, 1.82) is 0 Å². The number of allylic oxidation sites excluding steroid dienone is 2. The van der Waals surface area contributed by atoms with Crippen LogP contribution in [0.15, 0.2) is 114 Å². The van der Waals surface area contributed by atoms with Gasteiger partial charge >= 0.3 is 11.9 Å². The molecular formula is C35H43NO5. The first-order valence-electron chi connectivity index (χ1n) is 14.1. The smallest absolute Gasteiger partial charge is 0.336 e. The Morgan fingerprint density at radius 1 is 0.659 bits per heavy atom. The fourth-order valence-electron chi connectivity index (χ4n) is 4.82. The lowest BCUT2D eigenvalue weighted by Crippen LogP contribution is -2.36. The number of esters is 2. The zero-order valence-electron chi connectivity index (χ0n) is 25.5. The van der Waals surface area contributed by atoms with Gasteiger partial charge in [-0.2, -0.15) is 0 Å². The van der Waals surface area contributed by atoms with Crippen LogP contribution in [0.5, 0.6) is 0 Å². The molecule has 6 heteroatoms. The van der Waals surface area contributed by atoms with E-state index in [0.717, 1.165) is 16.7 Å². The van der Waals surface area contributed by atoms with Crippen LogP contribution < -0.4 is 0 Å². The second-order valence-electron chi connectivity index (χ2n) is 8.75. The summed E-state index contributed by atoms with van der Waals surface area (Å²) in [6.07, 6.45) is -0.349. The van der Waals surface area contributed by atoms with Crippen molar-refractivity contribution in [3.63, 3.8) is 0 Å². The maximum atomic E-state index is 13.1. The minimum absolute atomic E-state index is 0.106.